The molecule has 1 N–H and O–H groups in total. The standard InChI is InChI=1S/C8H19N3O3S2/c1-8(10-15(4)12)6-5-7-9-16(13,14)11(2)3/h9H,5-7H2,1-4H3. The molecule has 0 aliphatic carbocycles. The van der Waals surface area contributed by atoms with E-state index in [9.17, 15) is 12.6 Å². The first-order valence-electron chi connectivity index (χ1n) is 4.80. The van der Waals surface area contributed by atoms with Crippen LogP contribution >= 0.6 is 0 Å². The molecule has 0 aromatic carbocycles. The molecule has 0 aliphatic rings. The zero-order valence-corrected chi connectivity index (χ0v) is 11.7. The van der Waals surface area contributed by atoms with E-state index in [1.807, 2.05) is 0 Å². The van der Waals surface area contributed by atoms with Gasteiger partial charge in [-0.1, -0.05) is 0 Å². The van der Waals surface area contributed by atoms with Crippen LogP contribution < -0.4 is 4.72 Å². The van der Waals surface area contributed by atoms with Crippen LogP contribution in [0.25, 0.3) is 0 Å². The summed E-state index contributed by atoms with van der Waals surface area (Å²) in [6, 6.07) is 0. The fourth-order valence-electron chi connectivity index (χ4n) is 0.940. The summed E-state index contributed by atoms with van der Waals surface area (Å²) in [5, 5.41) is 0. The molecule has 0 aromatic rings. The molecule has 0 fully saturated rings. The van der Waals surface area contributed by atoms with Crippen molar-refractivity contribution < 1.29 is 12.6 Å². The van der Waals surface area contributed by atoms with Crippen molar-refractivity contribution in [1.82, 2.24) is 9.03 Å². The smallest absolute Gasteiger partial charge is 0.235 e. The number of nitrogens with one attached hydrogen (secondary N) is 1. The number of rotatable bonds is 7. The summed E-state index contributed by atoms with van der Waals surface area (Å²) < 4.78 is 40.7. The third-order valence-electron chi connectivity index (χ3n) is 1.76. The molecule has 0 radical (unpaired) electrons. The second-order valence-corrected chi connectivity index (χ2v) is 6.53. The van der Waals surface area contributed by atoms with Gasteiger partial charge in [-0.25, -0.2) is 8.93 Å². The maximum atomic E-state index is 11.3. The van der Waals surface area contributed by atoms with E-state index in [1.54, 1.807) is 6.92 Å². The average Bonchev–Trinajstić information content (AvgIpc) is 2.11. The Morgan fingerprint density at radius 1 is 1.44 bits per heavy atom. The lowest BCUT2D eigenvalue weighted by Crippen LogP contribution is -2.36. The zero-order valence-electron chi connectivity index (χ0n) is 10.1. The van der Waals surface area contributed by atoms with Crippen LogP contribution in [0.3, 0.4) is 0 Å². The quantitative estimate of drug-likeness (QED) is 0.518. The third-order valence-corrected chi connectivity index (χ3v) is 3.86. The van der Waals surface area contributed by atoms with Crippen LogP contribution in [0.15, 0.2) is 4.40 Å². The summed E-state index contributed by atoms with van der Waals surface area (Å²) in [4.78, 5) is 0. The van der Waals surface area contributed by atoms with Gasteiger partial charge in [-0.3, -0.25) is 0 Å². The highest BCUT2D eigenvalue weighted by molar-refractivity contribution is 7.87. The molecule has 0 spiro atoms. The number of hydrogen-bond acceptors (Lipinski definition) is 3. The van der Waals surface area contributed by atoms with Gasteiger partial charge in [0.2, 0.25) is 0 Å². The molecule has 8 heteroatoms. The van der Waals surface area contributed by atoms with E-state index in [1.165, 1.54) is 20.4 Å². The van der Waals surface area contributed by atoms with Gasteiger partial charge >= 0.3 is 0 Å². The highest BCUT2D eigenvalue weighted by Crippen LogP contribution is 1.95. The summed E-state index contributed by atoms with van der Waals surface area (Å²) in [6.45, 7) is 2.13. The van der Waals surface area contributed by atoms with Gasteiger partial charge in [-0.15, -0.1) is 0 Å². The summed E-state index contributed by atoms with van der Waals surface area (Å²) in [5.41, 5.74) is 0.768. The lowest BCUT2D eigenvalue weighted by molar-refractivity contribution is 0.504. The predicted octanol–water partition coefficient (Wildman–Crippen LogP) is -0.0830. The van der Waals surface area contributed by atoms with Crippen LogP contribution in [0.1, 0.15) is 19.8 Å². The maximum absolute atomic E-state index is 11.3. The Labute approximate surface area is 99.9 Å². The molecule has 16 heavy (non-hydrogen) atoms. The molecule has 0 aliphatic heterocycles. The monoisotopic (exact) mass is 269 g/mol. The van der Waals surface area contributed by atoms with Gasteiger partial charge in [-0.2, -0.15) is 17.1 Å². The molecule has 96 valence electrons. The molecule has 0 rings (SSSR count). The fourth-order valence-corrected chi connectivity index (χ4v) is 2.13. The van der Waals surface area contributed by atoms with Crippen LogP contribution in [0.5, 0.6) is 0 Å². The van der Waals surface area contributed by atoms with Crippen molar-refractivity contribution in [2.75, 3.05) is 26.9 Å². The van der Waals surface area contributed by atoms with Gasteiger partial charge in [0, 0.05) is 32.6 Å². The van der Waals surface area contributed by atoms with Crippen molar-refractivity contribution >= 4 is 26.9 Å². The lowest BCUT2D eigenvalue weighted by Gasteiger charge is -2.11. The molecular weight excluding hydrogens is 250 g/mol. The minimum absolute atomic E-state index is 0.351. The normalized spacial score (nSPS) is 15.4. The Morgan fingerprint density at radius 2 is 2.00 bits per heavy atom. The van der Waals surface area contributed by atoms with Crippen LogP contribution in [0, 0.1) is 0 Å². The van der Waals surface area contributed by atoms with Gasteiger partial charge in [0.1, 0.15) is 11.0 Å². The molecular formula is C8H19N3O3S2. The van der Waals surface area contributed by atoms with Gasteiger partial charge in [0.25, 0.3) is 10.2 Å². The van der Waals surface area contributed by atoms with Crippen molar-refractivity contribution in [3.8, 4) is 0 Å². The summed E-state index contributed by atoms with van der Waals surface area (Å²) in [6.07, 6.45) is 2.77. The third kappa shape index (κ3) is 7.04. The van der Waals surface area contributed by atoms with E-state index in [0.717, 1.165) is 10.0 Å². The fraction of sp³-hybridized carbons (Fsp3) is 0.875. The molecule has 1 atom stereocenters. The van der Waals surface area contributed by atoms with Crippen molar-refractivity contribution in [3.05, 3.63) is 0 Å². The molecule has 0 saturated heterocycles. The van der Waals surface area contributed by atoms with Crippen molar-refractivity contribution in [2.24, 2.45) is 4.40 Å². The van der Waals surface area contributed by atoms with Gasteiger partial charge < -0.3 is 0 Å². The van der Waals surface area contributed by atoms with Crippen molar-refractivity contribution in [3.63, 3.8) is 0 Å². The minimum Gasteiger partial charge on any atom is -0.235 e. The first kappa shape index (κ1) is 15.7. The van der Waals surface area contributed by atoms with E-state index in [-0.39, 0.29) is 0 Å². The van der Waals surface area contributed by atoms with Crippen LogP contribution in [0.2, 0.25) is 0 Å². The van der Waals surface area contributed by atoms with Crippen LogP contribution in [-0.4, -0.2) is 49.5 Å². The Balaban J connectivity index is 3.90. The van der Waals surface area contributed by atoms with Gasteiger partial charge in [0.05, 0.1) is 0 Å². The van der Waals surface area contributed by atoms with E-state index in [2.05, 4.69) is 9.12 Å². The second kappa shape index (κ2) is 7.10. The molecule has 0 bridgehead atoms. The molecule has 0 aromatic heterocycles. The summed E-state index contributed by atoms with van der Waals surface area (Å²) >= 11 is 0. The Bertz CT molecular complexity index is 363. The van der Waals surface area contributed by atoms with Crippen molar-refractivity contribution in [1.29, 1.82) is 0 Å². The molecule has 0 heterocycles. The largest absolute Gasteiger partial charge is 0.278 e. The van der Waals surface area contributed by atoms with Crippen molar-refractivity contribution in [2.45, 2.75) is 19.8 Å². The zero-order chi connectivity index (χ0) is 12.8. The lowest BCUT2D eigenvalue weighted by atomic mass is 10.2. The van der Waals surface area contributed by atoms with E-state index in [4.69, 9.17) is 0 Å². The van der Waals surface area contributed by atoms with Crippen LogP contribution in [-0.2, 0) is 21.2 Å². The highest BCUT2D eigenvalue weighted by atomic mass is 32.2. The summed E-state index contributed by atoms with van der Waals surface area (Å²) in [5.74, 6) is 0. The van der Waals surface area contributed by atoms with Crippen LogP contribution in [0.4, 0.5) is 0 Å². The van der Waals surface area contributed by atoms with E-state index < -0.39 is 21.2 Å². The van der Waals surface area contributed by atoms with E-state index >= 15 is 0 Å². The number of nitrogens with zero attached hydrogens (tertiary/aromatic N) is 2. The molecule has 6 nitrogen and oxygen atoms in total. The first-order valence-corrected chi connectivity index (χ1v) is 7.76. The molecule has 0 amide bonds. The average molecular weight is 269 g/mol. The first-order chi connectivity index (χ1) is 7.25. The minimum atomic E-state index is -3.34. The molecule has 0 saturated carbocycles. The van der Waals surface area contributed by atoms with Gasteiger partial charge in [0.15, 0.2) is 0 Å². The Morgan fingerprint density at radius 3 is 2.44 bits per heavy atom. The Kier molecular flexibility index (Phi) is 6.96. The maximum Gasteiger partial charge on any atom is 0.278 e. The Hall–Kier alpha value is -0.310. The summed E-state index contributed by atoms with van der Waals surface area (Å²) in [7, 11) is -1.59. The molecule has 1 unspecified atom stereocenters. The second-order valence-electron chi connectivity index (χ2n) is 3.54. The highest BCUT2D eigenvalue weighted by Gasteiger charge is 2.11. The van der Waals surface area contributed by atoms with E-state index in [0.29, 0.717) is 19.4 Å². The number of hydrogen-bond donors (Lipinski definition) is 1. The topological polar surface area (TPSA) is 78.8 Å². The predicted molar refractivity (Wildman–Crippen MR) is 67.0 cm³/mol. The van der Waals surface area contributed by atoms with Gasteiger partial charge in [-0.05, 0) is 19.8 Å². The SMILES string of the molecule is CC(CCCNS(=O)(=O)N(C)C)=NS(C)=O.